The first-order chi connectivity index (χ1) is 10.0. The summed E-state index contributed by atoms with van der Waals surface area (Å²) in [6, 6.07) is 11.8. The van der Waals surface area contributed by atoms with E-state index in [4.69, 9.17) is 4.74 Å². The molecule has 0 saturated heterocycles. The summed E-state index contributed by atoms with van der Waals surface area (Å²) >= 11 is 1.46. The fraction of sp³-hybridized carbons (Fsp3) is 0.200. The fourth-order valence-electron chi connectivity index (χ4n) is 2.44. The summed E-state index contributed by atoms with van der Waals surface area (Å²) in [7, 11) is -1.72. The van der Waals surface area contributed by atoms with Gasteiger partial charge in [0.05, 0.1) is 23.0 Å². The average Bonchev–Trinajstić information content (AvgIpc) is 2.73. The Hall–Kier alpha value is -1.66. The number of ether oxygens (including phenoxy) is 1. The summed E-state index contributed by atoms with van der Waals surface area (Å²) in [6.07, 6.45) is 0. The topological polar surface area (TPSA) is 63.6 Å². The van der Waals surface area contributed by atoms with Gasteiger partial charge in [-0.3, -0.25) is 0 Å². The second kappa shape index (κ2) is 5.27. The molecule has 1 atom stereocenters. The average molecular weight is 322 g/mol. The zero-order valence-electron chi connectivity index (χ0n) is 11.3. The van der Waals surface area contributed by atoms with Crippen LogP contribution in [0.5, 0.6) is 11.5 Å². The third-order valence-electron chi connectivity index (χ3n) is 3.39. The lowest BCUT2D eigenvalue weighted by Gasteiger charge is -2.13. The third kappa shape index (κ3) is 2.61. The van der Waals surface area contributed by atoms with Gasteiger partial charge < -0.3 is 9.84 Å². The maximum Gasteiger partial charge on any atom is 0.180 e. The molecule has 6 heteroatoms. The third-order valence-corrected chi connectivity index (χ3v) is 6.63. The molecule has 2 aromatic carbocycles. The van der Waals surface area contributed by atoms with Crippen molar-refractivity contribution in [3.8, 4) is 11.5 Å². The van der Waals surface area contributed by atoms with Crippen molar-refractivity contribution in [2.75, 3.05) is 12.9 Å². The second-order valence-electron chi connectivity index (χ2n) is 4.75. The molecule has 0 aromatic heterocycles. The first-order valence-electron chi connectivity index (χ1n) is 6.36. The van der Waals surface area contributed by atoms with Crippen molar-refractivity contribution in [2.24, 2.45) is 0 Å². The van der Waals surface area contributed by atoms with E-state index in [9.17, 15) is 13.5 Å². The van der Waals surface area contributed by atoms with Gasteiger partial charge in [0.2, 0.25) is 0 Å². The number of phenolic OH excluding ortho intramolecular Hbond substituents is 1. The Morgan fingerprint density at radius 3 is 2.57 bits per heavy atom. The summed E-state index contributed by atoms with van der Waals surface area (Å²) in [5.74, 6) is 0.857. The van der Waals surface area contributed by atoms with Gasteiger partial charge >= 0.3 is 0 Å². The number of rotatable bonds is 3. The van der Waals surface area contributed by atoms with E-state index in [0.717, 1.165) is 10.5 Å². The molecule has 2 aromatic rings. The Bertz CT molecular complexity index is 767. The molecule has 1 unspecified atom stereocenters. The molecular formula is C15H14O4S2. The highest BCUT2D eigenvalue weighted by Crippen LogP contribution is 2.48. The molecule has 1 N–H and O–H groups in total. The number of benzene rings is 2. The Kier molecular flexibility index (Phi) is 3.59. The van der Waals surface area contributed by atoms with Crippen molar-refractivity contribution in [2.45, 2.75) is 15.0 Å². The number of aromatic hydroxyl groups is 1. The maximum atomic E-state index is 12.3. The fourth-order valence-corrected chi connectivity index (χ4v) is 5.92. The minimum absolute atomic E-state index is 0.0637. The van der Waals surface area contributed by atoms with E-state index >= 15 is 0 Å². The number of sulfone groups is 1. The van der Waals surface area contributed by atoms with Crippen molar-refractivity contribution in [3.05, 3.63) is 48.0 Å². The van der Waals surface area contributed by atoms with Crippen molar-refractivity contribution >= 4 is 21.6 Å². The van der Waals surface area contributed by atoms with Gasteiger partial charge in [0.15, 0.2) is 9.84 Å². The summed E-state index contributed by atoms with van der Waals surface area (Å²) in [4.78, 5) is 1.27. The standard InChI is InChI=1S/C15H14O4S2/c1-19-12-3-2-4-14-15(12)13(9-21(14,17)18)20-11-7-5-10(16)6-8-11/h2-8,13,16H,9H2,1H3. The smallest absolute Gasteiger partial charge is 0.180 e. The SMILES string of the molecule is COc1cccc2c1C(Sc1ccc(O)cc1)CS2(=O)=O. The quantitative estimate of drug-likeness (QED) is 0.941. The van der Waals surface area contributed by atoms with E-state index in [1.807, 2.05) is 0 Å². The molecule has 0 radical (unpaired) electrons. The Labute approximate surface area is 127 Å². The summed E-state index contributed by atoms with van der Waals surface area (Å²) < 4.78 is 29.9. The number of fused-ring (bicyclic) bond motifs is 1. The molecule has 0 saturated carbocycles. The summed E-state index contributed by atoms with van der Waals surface area (Å²) in [5.41, 5.74) is 0.734. The predicted molar refractivity (Wildman–Crippen MR) is 81.8 cm³/mol. The molecule has 4 nitrogen and oxygen atoms in total. The van der Waals surface area contributed by atoms with Crippen LogP contribution in [0.4, 0.5) is 0 Å². The van der Waals surface area contributed by atoms with Crippen LogP contribution in [0, 0.1) is 0 Å². The minimum atomic E-state index is -3.27. The molecule has 0 spiro atoms. The number of hydrogen-bond acceptors (Lipinski definition) is 5. The van der Waals surface area contributed by atoms with E-state index in [0.29, 0.717) is 10.6 Å². The zero-order chi connectivity index (χ0) is 15.0. The lowest BCUT2D eigenvalue weighted by Crippen LogP contribution is -2.00. The van der Waals surface area contributed by atoms with Crippen molar-refractivity contribution in [1.29, 1.82) is 0 Å². The Morgan fingerprint density at radius 2 is 1.90 bits per heavy atom. The van der Waals surface area contributed by atoms with Crippen molar-refractivity contribution in [3.63, 3.8) is 0 Å². The van der Waals surface area contributed by atoms with Gasteiger partial charge in [-0.15, -0.1) is 11.8 Å². The summed E-state index contributed by atoms with van der Waals surface area (Å²) in [6.45, 7) is 0. The van der Waals surface area contributed by atoms with Crippen LogP contribution < -0.4 is 4.74 Å². The van der Waals surface area contributed by atoms with E-state index < -0.39 is 9.84 Å². The van der Waals surface area contributed by atoms with Gasteiger partial charge in [0, 0.05) is 10.5 Å². The molecular weight excluding hydrogens is 308 g/mol. The van der Waals surface area contributed by atoms with Crippen LogP contribution in [0.25, 0.3) is 0 Å². The van der Waals surface area contributed by atoms with Gasteiger partial charge in [0.1, 0.15) is 11.5 Å². The van der Waals surface area contributed by atoms with Crippen LogP contribution in [0.2, 0.25) is 0 Å². The Morgan fingerprint density at radius 1 is 1.19 bits per heavy atom. The first kappa shape index (κ1) is 14.3. The highest BCUT2D eigenvalue weighted by molar-refractivity contribution is 8.01. The van der Waals surface area contributed by atoms with E-state index in [-0.39, 0.29) is 16.8 Å². The van der Waals surface area contributed by atoms with Gasteiger partial charge in [-0.05, 0) is 36.4 Å². The number of hydrogen-bond donors (Lipinski definition) is 1. The van der Waals surface area contributed by atoms with Gasteiger partial charge in [-0.25, -0.2) is 8.42 Å². The van der Waals surface area contributed by atoms with E-state index in [2.05, 4.69) is 0 Å². The molecule has 1 aliphatic heterocycles. The minimum Gasteiger partial charge on any atom is -0.508 e. The first-order valence-corrected chi connectivity index (χ1v) is 8.90. The van der Waals surface area contributed by atoms with Crippen LogP contribution >= 0.6 is 11.8 Å². The largest absolute Gasteiger partial charge is 0.508 e. The molecule has 0 aliphatic carbocycles. The normalized spacial score (nSPS) is 19.2. The lowest BCUT2D eigenvalue weighted by atomic mass is 10.1. The molecule has 0 bridgehead atoms. The molecule has 1 heterocycles. The van der Waals surface area contributed by atoms with Gasteiger partial charge in [-0.2, -0.15) is 0 Å². The Balaban J connectivity index is 2.01. The van der Waals surface area contributed by atoms with Crippen LogP contribution in [0.3, 0.4) is 0 Å². The molecule has 21 heavy (non-hydrogen) atoms. The second-order valence-corrected chi connectivity index (χ2v) is 8.03. The monoisotopic (exact) mass is 322 g/mol. The van der Waals surface area contributed by atoms with Gasteiger partial charge in [-0.1, -0.05) is 6.07 Å². The van der Waals surface area contributed by atoms with E-state index in [1.165, 1.54) is 11.8 Å². The van der Waals surface area contributed by atoms with Gasteiger partial charge in [0.25, 0.3) is 0 Å². The predicted octanol–water partition coefficient (Wildman–Crippen LogP) is 3.02. The number of phenols is 1. The van der Waals surface area contributed by atoms with Crippen LogP contribution in [-0.4, -0.2) is 26.4 Å². The highest BCUT2D eigenvalue weighted by atomic mass is 32.2. The molecule has 3 rings (SSSR count). The van der Waals surface area contributed by atoms with Crippen LogP contribution in [0.15, 0.2) is 52.3 Å². The molecule has 1 aliphatic rings. The number of methoxy groups -OCH3 is 1. The molecule has 0 fully saturated rings. The number of thioether (sulfide) groups is 1. The van der Waals surface area contributed by atoms with Crippen molar-refractivity contribution in [1.82, 2.24) is 0 Å². The maximum absolute atomic E-state index is 12.3. The zero-order valence-corrected chi connectivity index (χ0v) is 12.9. The molecule has 0 amide bonds. The summed E-state index contributed by atoms with van der Waals surface area (Å²) in [5, 5.41) is 9.11. The van der Waals surface area contributed by atoms with Crippen molar-refractivity contribution < 1.29 is 18.3 Å². The highest BCUT2D eigenvalue weighted by Gasteiger charge is 2.37. The van der Waals surface area contributed by atoms with Crippen LogP contribution in [-0.2, 0) is 9.84 Å². The van der Waals surface area contributed by atoms with Crippen LogP contribution in [0.1, 0.15) is 10.8 Å². The van der Waals surface area contributed by atoms with E-state index in [1.54, 1.807) is 49.6 Å². The molecule has 110 valence electrons. The lowest BCUT2D eigenvalue weighted by molar-refractivity contribution is 0.409.